The van der Waals surface area contributed by atoms with Crippen LogP contribution in [-0.4, -0.2) is 39.8 Å². The predicted molar refractivity (Wildman–Crippen MR) is 92.8 cm³/mol. The molecule has 0 bridgehead atoms. The van der Waals surface area contributed by atoms with E-state index in [-0.39, 0.29) is 17.9 Å². The number of carbonyl (C=O) groups excluding carboxylic acids is 2. The number of nitrogens with zero attached hydrogens (tertiary/aromatic N) is 3. The second-order valence-corrected chi connectivity index (χ2v) is 5.91. The van der Waals surface area contributed by atoms with E-state index in [1.54, 1.807) is 30.3 Å². The van der Waals surface area contributed by atoms with E-state index in [4.69, 9.17) is 0 Å². The van der Waals surface area contributed by atoms with Crippen molar-refractivity contribution >= 4 is 17.6 Å². The number of rotatable bonds is 5. The quantitative estimate of drug-likeness (QED) is 0.916. The van der Waals surface area contributed by atoms with E-state index >= 15 is 0 Å². The Hall–Kier alpha value is -2.76. The Kier molecular flexibility index (Phi) is 5.63. The zero-order valence-corrected chi connectivity index (χ0v) is 14.4. The number of aromatic nitrogens is 2. The molecule has 24 heavy (non-hydrogen) atoms. The molecule has 6 nitrogen and oxygen atoms in total. The van der Waals surface area contributed by atoms with Crippen LogP contribution >= 0.6 is 0 Å². The molecule has 1 atom stereocenters. The van der Waals surface area contributed by atoms with Crippen molar-refractivity contribution in [3.8, 4) is 0 Å². The maximum atomic E-state index is 12.6. The molecule has 2 aromatic heterocycles. The molecule has 0 saturated heterocycles. The van der Waals surface area contributed by atoms with Gasteiger partial charge in [-0.3, -0.25) is 14.6 Å². The van der Waals surface area contributed by atoms with E-state index in [0.717, 1.165) is 11.3 Å². The molecule has 0 unspecified atom stereocenters. The van der Waals surface area contributed by atoms with Gasteiger partial charge in [-0.25, -0.2) is 4.98 Å². The van der Waals surface area contributed by atoms with E-state index < -0.39 is 0 Å². The molecule has 0 aliphatic carbocycles. The van der Waals surface area contributed by atoms with Crippen molar-refractivity contribution in [2.45, 2.75) is 33.2 Å². The lowest BCUT2D eigenvalue weighted by Crippen LogP contribution is -2.36. The average molecular weight is 326 g/mol. The van der Waals surface area contributed by atoms with Gasteiger partial charge in [0.05, 0.1) is 5.56 Å². The highest BCUT2D eigenvalue weighted by Gasteiger charge is 2.18. The second-order valence-electron chi connectivity index (χ2n) is 5.91. The summed E-state index contributed by atoms with van der Waals surface area (Å²) in [6.45, 7) is 5.42. The number of hydrogen-bond acceptors (Lipinski definition) is 4. The predicted octanol–water partition coefficient (Wildman–Crippen LogP) is 2.45. The molecular weight excluding hydrogens is 304 g/mol. The van der Waals surface area contributed by atoms with Crippen LogP contribution in [-0.2, 0) is 11.2 Å². The number of nitrogens with one attached hydrogen (secondary N) is 1. The Bertz CT molecular complexity index is 728. The molecule has 2 aromatic rings. The van der Waals surface area contributed by atoms with Crippen LogP contribution in [0.5, 0.6) is 0 Å². The third-order valence-electron chi connectivity index (χ3n) is 3.77. The third-order valence-corrected chi connectivity index (χ3v) is 3.77. The Balaban J connectivity index is 2.03. The van der Waals surface area contributed by atoms with Crippen LogP contribution in [0.4, 0.5) is 5.82 Å². The van der Waals surface area contributed by atoms with Crippen LogP contribution in [0.3, 0.4) is 0 Å². The van der Waals surface area contributed by atoms with Crippen LogP contribution in [0.25, 0.3) is 0 Å². The Morgan fingerprint density at radius 2 is 2.00 bits per heavy atom. The molecule has 0 aliphatic rings. The van der Waals surface area contributed by atoms with Crippen LogP contribution < -0.4 is 5.32 Å². The highest BCUT2D eigenvalue weighted by Crippen LogP contribution is 2.12. The van der Waals surface area contributed by atoms with Crippen molar-refractivity contribution in [3.63, 3.8) is 0 Å². The van der Waals surface area contributed by atoms with Gasteiger partial charge in [-0.05, 0) is 43.7 Å². The minimum absolute atomic E-state index is 0.00169. The lowest BCUT2D eigenvalue weighted by molar-refractivity contribution is -0.114. The number of amides is 2. The summed E-state index contributed by atoms with van der Waals surface area (Å²) < 4.78 is 0. The van der Waals surface area contributed by atoms with E-state index in [1.165, 1.54) is 13.1 Å². The van der Waals surface area contributed by atoms with E-state index in [2.05, 4.69) is 15.3 Å². The number of carbonyl (C=O) groups is 2. The SMILES string of the molecule is CC(=O)Nc1ccc(C(=O)N(C)[C@H](C)Cc2cc(C)ccn2)cn1. The summed E-state index contributed by atoms with van der Waals surface area (Å²) in [6.07, 6.45) is 3.94. The summed E-state index contributed by atoms with van der Waals surface area (Å²) in [4.78, 5) is 33.7. The smallest absolute Gasteiger partial charge is 0.255 e. The molecule has 0 fully saturated rings. The van der Waals surface area contributed by atoms with Gasteiger partial charge in [-0.2, -0.15) is 0 Å². The first kappa shape index (κ1) is 17.6. The lowest BCUT2D eigenvalue weighted by Gasteiger charge is -2.25. The van der Waals surface area contributed by atoms with Gasteiger partial charge in [-0.1, -0.05) is 0 Å². The second kappa shape index (κ2) is 7.68. The molecule has 0 spiro atoms. The molecule has 0 saturated carbocycles. The highest BCUT2D eigenvalue weighted by molar-refractivity contribution is 5.94. The monoisotopic (exact) mass is 326 g/mol. The number of likely N-dealkylation sites (N-methyl/N-ethyl adjacent to an activating group) is 1. The van der Waals surface area contributed by atoms with E-state index in [0.29, 0.717) is 17.8 Å². The van der Waals surface area contributed by atoms with Gasteiger partial charge in [-0.15, -0.1) is 0 Å². The van der Waals surface area contributed by atoms with Crippen LogP contribution in [0.1, 0.15) is 35.5 Å². The molecule has 0 radical (unpaired) electrons. The fourth-order valence-electron chi connectivity index (χ4n) is 2.33. The van der Waals surface area contributed by atoms with Crippen molar-refractivity contribution in [2.24, 2.45) is 0 Å². The van der Waals surface area contributed by atoms with E-state index in [9.17, 15) is 9.59 Å². The molecule has 0 aromatic carbocycles. The van der Waals surface area contributed by atoms with Crippen LogP contribution in [0, 0.1) is 6.92 Å². The van der Waals surface area contributed by atoms with Gasteiger partial charge in [0.1, 0.15) is 5.82 Å². The summed E-state index contributed by atoms with van der Waals surface area (Å²) in [5, 5.41) is 2.58. The molecular formula is C18H22N4O2. The summed E-state index contributed by atoms with van der Waals surface area (Å²) >= 11 is 0. The molecule has 2 rings (SSSR count). The zero-order chi connectivity index (χ0) is 17.7. The third kappa shape index (κ3) is 4.62. The normalized spacial score (nSPS) is 11.7. The summed E-state index contributed by atoms with van der Waals surface area (Å²) in [7, 11) is 1.77. The molecule has 0 aliphatic heterocycles. The Labute approximate surface area is 141 Å². The van der Waals surface area contributed by atoms with Crippen molar-refractivity contribution in [2.75, 3.05) is 12.4 Å². The van der Waals surface area contributed by atoms with Gasteiger partial charge in [0.15, 0.2) is 0 Å². The Morgan fingerprint density at radius 3 is 2.58 bits per heavy atom. The minimum atomic E-state index is -0.196. The van der Waals surface area contributed by atoms with Gasteiger partial charge < -0.3 is 10.2 Å². The molecule has 126 valence electrons. The largest absolute Gasteiger partial charge is 0.339 e. The standard InChI is InChI=1S/C18H22N4O2/c1-12-7-8-19-16(9-12)10-13(2)22(4)18(24)15-5-6-17(20-11-15)21-14(3)23/h5-9,11,13H,10H2,1-4H3,(H,20,21,23)/t13-/m1/s1. The molecule has 2 heterocycles. The fraction of sp³-hybridized carbons (Fsp3) is 0.333. The summed E-state index contributed by atoms with van der Waals surface area (Å²) in [5.41, 5.74) is 2.59. The van der Waals surface area contributed by atoms with Gasteiger partial charge in [0.25, 0.3) is 5.91 Å². The lowest BCUT2D eigenvalue weighted by atomic mass is 10.1. The van der Waals surface area contributed by atoms with E-state index in [1.807, 2.05) is 26.0 Å². The number of anilines is 1. The summed E-state index contributed by atoms with van der Waals surface area (Å²) in [5.74, 6) is 0.119. The first-order chi connectivity index (χ1) is 11.4. The average Bonchev–Trinajstić information content (AvgIpc) is 2.53. The van der Waals surface area contributed by atoms with Gasteiger partial charge in [0.2, 0.25) is 5.91 Å². The first-order valence-electron chi connectivity index (χ1n) is 7.79. The van der Waals surface area contributed by atoms with Gasteiger partial charge >= 0.3 is 0 Å². The topological polar surface area (TPSA) is 75.2 Å². The van der Waals surface area contributed by atoms with Crippen LogP contribution in [0.2, 0.25) is 0 Å². The molecule has 6 heteroatoms. The molecule has 2 amide bonds. The fourth-order valence-corrected chi connectivity index (χ4v) is 2.33. The van der Waals surface area contributed by atoms with Gasteiger partial charge in [0, 0.05) is 44.5 Å². The van der Waals surface area contributed by atoms with Crippen LogP contribution in [0.15, 0.2) is 36.7 Å². The minimum Gasteiger partial charge on any atom is -0.339 e. The zero-order valence-electron chi connectivity index (χ0n) is 14.4. The highest BCUT2D eigenvalue weighted by atomic mass is 16.2. The first-order valence-corrected chi connectivity index (χ1v) is 7.79. The number of pyridine rings is 2. The van der Waals surface area contributed by atoms with Crippen molar-refractivity contribution in [1.82, 2.24) is 14.9 Å². The van der Waals surface area contributed by atoms with Crippen molar-refractivity contribution < 1.29 is 9.59 Å². The maximum Gasteiger partial charge on any atom is 0.255 e. The number of hydrogen-bond donors (Lipinski definition) is 1. The molecule has 1 N–H and O–H groups in total. The number of aryl methyl sites for hydroxylation is 1. The Morgan fingerprint density at radius 1 is 1.25 bits per heavy atom. The van der Waals surface area contributed by atoms with Crippen molar-refractivity contribution in [3.05, 3.63) is 53.5 Å². The maximum absolute atomic E-state index is 12.6. The summed E-state index contributed by atoms with van der Waals surface area (Å²) in [6, 6.07) is 7.26. The van der Waals surface area contributed by atoms with Crippen molar-refractivity contribution in [1.29, 1.82) is 0 Å².